The molecule has 6 heteroatoms. The molecule has 0 radical (unpaired) electrons. The van der Waals surface area contributed by atoms with E-state index in [0.29, 0.717) is 17.4 Å². The van der Waals surface area contributed by atoms with Crippen LogP contribution in [0.25, 0.3) is 11.0 Å². The van der Waals surface area contributed by atoms with Crippen molar-refractivity contribution < 1.29 is 14.0 Å². The van der Waals surface area contributed by atoms with E-state index in [-0.39, 0.29) is 5.78 Å². The molecule has 2 aromatic heterocycles. The van der Waals surface area contributed by atoms with Crippen LogP contribution in [0.1, 0.15) is 53.1 Å². The van der Waals surface area contributed by atoms with E-state index in [1.807, 2.05) is 73.1 Å². The van der Waals surface area contributed by atoms with E-state index in [1.54, 1.807) is 0 Å². The number of quaternary nitrogens is 1. The van der Waals surface area contributed by atoms with Crippen LogP contribution >= 0.6 is 0 Å². The van der Waals surface area contributed by atoms with Crippen molar-refractivity contribution in [1.29, 1.82) is 0 Å². The summed E-state index contributed by atoms with van der Waals surface area (Å²) < 4.78 is 7.70. The standard InChI is InChI=1S/C33H32N4O2/c1-33(26-11-4-3-5-12-26,23-37(2)21-9-15-30(37)25-10-8-20-34-22-25)39-27-18-16-24(17-19-27)31(38)32-35-28-13-6-7-14-29(28)36-32/h3-8,10-14,16-20,22,30H,9,15,21,23H2,1-2H3/p+1/t30?,33?,37-/m0/s1. The minimum absolute atomic E-state index is 0.141. The van der Waals surface area contributed by atoms with Crippen LogP contribution in [0.2, 0.25) is 0 Å². The molecule has 0 bridgehead atoms. The normalized spacial score (nSPS) is 20.5. The highest BCUT2D eigenvalue weighted by Crippen LogP contribution is 2.42. The number of benzene rings is 3. The van der Waals surface area contributed by atoms with Gasteiger partial charge in [0, 0.05) is 41.9 Å². The summed E-state index contributed by atoms with van der Waals surface area (Å²) in [5.74, 6) is 0.927. The first-order valence-electron chi connectivity index (χ1n) is 13.5. The summed E-state index contributed by atoms with van der Waals surface area (Å²) in [6.45, 7) is 4.06. The summed E-state index contributed by atoms with van der Waals surface area (Å²) >= 11 is 0. The first-order chi connectivity index (χ1) is 18.9. The highest BCUT2D eigenvalue weighted by molar-refractivity contribution is 6.08. The number of likely N-dealkylation sites (tertiary alicyclic amines) is 1. The molecule has 1 aliphatic rings. The predicted molar refractivity (Wildman–Crippen MR) is 153 cm³/mol. The number of likely N-dealkylation sites (N-methyl/N-ethyl adjacent to an activating group) is 1. The van der Waals surface area contributed by atoms with Gasteiger partial charge in [-0.15, -0.1) is 0 Å². The third-order valence-electron chi connectivity index (χ3n) is 8.08. The Labute approximate surface area is 228 Å². The van der Waals surface area contributed by atoms with Crippen LogP contribution in [0.5, 0.6) is 5.75 Å². The van der Waals surface area contributed by atoms with Gasteiger partial charge in [0.15, 0.2) is 11.4 Å². The van der Waals surface area contributed by atoms with Crippen molar-refractivity contribution in [3.05, 3.63) is 126 Å². The SMILES string of the molecule is CC(C[N@+]1(C)CCCC1c1cccnc1)(Oc1ccc(C(=O)c2nc3ccccc3[nH]2)cc1)c1ccccc1. The Morgan fingerprint density at radius 1 is 1.00 bits per heavy atom. The van der Waals surface area contributed by atoms with Crippen LogP contribution in [0, 0.1) is 0 Å². The first-order valence-corrected chi connectivity index (χ1v) is 13.5. The van der Waals surface area contributed by atoms with Crippen LogP contribution in [0.15, 0.2) is 103 Å². The fourth-order valence-corrected chi connectivity index (χ4v) is 6.20. The zero-order valence-electron chi connectivity index (χ0n) is 22.4. The fraction of sp³-hybridized carbons (Fsp3) is 0.242. The number of nitrogens with zero attached hydrogens (tertiary/aromatic N) is 3. The van der Waals surface area contributed by atoms with Crippen LogP contribution in [-0.4, -0.2) is 45.4 Å². The van der Waals surface area contributed by atoms with Gasteiger partial charge in [0.05, 0.1) is 24.6 Å². The molecule has 1 aliphatic heterocycles. The van der Waals surface area contributed by atoms with Crippen molar-refractivity contribution in [3.8, 4) is 5.75 Å². The smallest absolute Gasteiger partial charge is 0.228 e. The number of ether oxygens (including phenoxy) is 1. The van der Waals surface area contributed by atoms with E-state index < -0.39 is 5.60 Å². The number of aromatic amines is 1. The van der Waals surface area contributed by atoms with Crippen LogP contribution < -0.4 is 4.74 Å². The topological polar surface area (TPSA) is 67.9 Å². The number of aromatic nitrogens is 3. The van der Waals surface area contributed by atoms with Gasteiger partial charge in [-0.2, -0.15) is 0 Å². The lowest BCUT2D eigenvalue weighted by Gasteiger charge is -2.43. The molecule has 3 heterocycles. The summed E-state index contributed by atoms with van der Waals surface area (Å²) in [5.41, 5.74) is 4.03. The van der Waals surface area contributed by atoms with Crippen molar-refractivity contribution in [2.45, 2.75) is 31.4 Å². The highest BCUT2D eigenvalue weighted by Gasteiger charge is 2.46. The Morgan fingerprint density at radius 3 is 2.51 bits per heavy atom. The van der Waals surface area contributed by atoms with Gasteiger partial charge in [0.25, 0.3) is 0 Å². The Balaban J connectivity index is 1.27. The maximum absolute atomic E-state index is 13.1. The summed E-state index contributed by atoms with van der Waals surface area (Å²) in [5, 5.41) is 0. The molecule has 5 aromatic rings. The monoisotopic (exact) mass is 517 g/mol. The van der Waals surface area contributed by atoms with E-state index in [1.165, 1.54) is 12.0 Å². The van der Waals surface area contributed by atoms with Crippen molar-refractivity contribution in [2.75, 3.05) is 20.1 Å². The molecule has 1 fully saturated rings. The van der Waals surface area contributed by atoms with Gasteiger partial charge in [-0.25, -0.2) is 4.98 Å². The molecule has 1 saturated heterocycles. The van der Waals surface area contributed by atoms with Crippen LogP contribution in [0.4, 0.5) is 0 Å². The maximum atomic E-state index is 13.1. The summed E-state index contributed by atoms with van der Waals surface area (Å²) in [4.78, 5) is 25.1. The van der Waals surface area contributed by atoms with Gasteiger partial charge in [-0.1, -0.05) is 48.5 Å². The van der Waals surface area contributed by atoms with Crippen LogP contribution in [-0.2, 0) is 5.60 Å². The van der Waals surface area contributed by atoms with Crippen molar-refractivity contribution >= 4 is 16.8 Å². The third kappa shape index (κ3) is 4.95. The van der Waals surface area contributed by atoms with E-state index in [2.05, 4.69) is 59.3 Å². The average molecular weight is 518 g/mol. The minimum Gasteiger partial charge on any atom is -0.477 e. The molecule has 6 nitrogen and oxygen atoms in total. The number of nitrogens with one attached hydrogen (secondary N) is 1. The molecule has 39 heavy (non-hydrogen) atoms. The predicted octanol–water partition coefficient (Wildman–Crippen LogP) is 6.46. The number of pyridine rings is 1. The molecule has 6 rings (SSSR count). The number of H-pyrrole nitrogens is 1. The number of para-hydroxylation sites is 2. The van der Waals surface area contributed by atoms with Crippen molar-refractivity contribution in [2.24, 2.45) is 0 Å². The van der Waals surface area contributed by atoms with E-state index >= 15 is 0 Å². The lowest BCUT2D eigenvalue weighted by molar-refractivity contribution is -0.932. The number of carbonyl (C=O) groups excluding carboxylic acids is 1. The zero-order valence-corrected chi connectivity index (χ0v) is 22.4. The molecule has 2 unspecified atom stereocenters. The molecular weight excluding hydrogens is 484 g/mol. The van der Waals surface area contributed by atoms with E-state index in [0.717, 1.165) is 46.3 Å². The molecule has 0 amide bonds. The molecule has 1 N–H and O–H groups in total. The van der Waals surface area contributed by atoms with Gasteiger partial charge in [0.2, 0.25) is 5.78 Å². The second kappa shape index (κ2) is 10.1. The van der Waals surface area contributed by atoms with Gasteiger partial charge in [-0.3, -0.25) is 9.78 Å². The molecular formula is C33H33N4O2+. The largest absolute Gasteiger partial charge is 0.477 e. The Kier molecular flexibility index (Phi) is 6.49. The number of rotatable bonds is 8. The second-order valence-electron chi connectivity index (χ2n) is 11.0. The lowest BCUT2D eigenvalue weighted by Crippen LogP contribution is -2.53. The van der Waals surface area contributed by atoms with E-state index in [9.17, 15) is 4.79 Å². The molecule has 0 spiro atoms. The molecule has 196 valence electrons. The van der Waals surface area contributed by atoms with Gasteiger partial charge in [-0.05, 0) is 49.4 Å². The quantitative estimate of drug-likeness (QED) is 0.189. The van der Waals surface area contributed by atoms with Gasteiger partial charge in [0.1, 0.15) is 18.3 Å². The minimum atomic E-state index is -0.578. The molecule has 0 aliphatic carbocycles. The Morgan fingerprint density at radius 2 is 1.77 bits per heavy atom. The number of imidazole rings is 1. The Hall–Kier alpha value is -4.29. The molecule has 3 aromatic carbocycles. The fourth-order valence-electron chi connectivity index (χ4n) is 6.20. The zero-order chi connectivity index (χ0) is 26.9. The Bertz CT molecular complexity index is 1550. The molecule has 3 atom stereocenters. The van der Waals surface area contributed by atoms with Crippen LogP contribution in [0.3, 0.4) is 0 Å². The lowest BCUT2D eigenvalue weighted by atomic mass is 9.92. The average Bonchev–Trinajstić information content (AvgIpc) is 3.57. The van der Waals surface area contributed by atoms with Gasteiger partial charge >= 0.3 is 0 Å². The van der Waals surface area contributed by atoms with Crippen molar-refractivity contribution in [3.63, 3.8) is 0 Å². The number of ketones is 1. The summed E-state index contributed by atoms with van der Waals surface area (Å²) in [6, 6.07) is 30.1. The highest BCUT2D eigenvalue weighted by atomic mass is 16.5. The van der Waals surface area contributed by atoms with E-state index in [4.69, 9.17) is 4.74 Å². The second-order valence-corrected chi connectivity index (χ2v) is 11.0. The number of hydrogen-bond donors (Lipinski definition) is 1. The van der Waals surface area contributed by atoms with Crippen molar-refractivity contribution in [1.82, 2.24) is 15.0 Å². The summed E-state index contributed by atoms with van der Waals surface area (Å²) in [7, 11) is 2.34. The number of hydrogen-bond acceptors (Lipinski definition) is 4. The first kappa shape index (κ1) is 25.0. The molecule has 0 saturated carbocycles. The van der Waals surface area contributed by atoms with Gasteiger partial charge < -0.3 is 14.2 Å². The number of carbonyl (C=O) groups is 1. The summed E-state index contributed by atoms with van der Waals surface area (Å²) in [6.07, 6.45) is 6.14. The third-order valence-corrected chi connectivity index (χ3v) is 8.08. The number of fused-ring (bicyclic) bond motifs is 1. The maximum Gasteiger partial charge on any atom is 0.228 e.